The van der Waals surface area contributed by atoms with E-state index in [4.69, 9.17) is 0 Å². The zero-order chi connectivity index (χ0) is 9.84. The molecule has 0 spiro atoms. The summed E-state index contributed by atoms with van der Waals surface area (Å²) in [7, 11) is 0. The molecule has 0 aliphatic heterocycles. The van der Waals surface area contributed by atoms with Gasteiger partial charge in [0.15, 0.2) is 0 Å². The molecule has 0 heterocycles. The average Bonchev–Trinajstić information content (AvgIpc) is 2.15. The van der Waals surface area contributed by atoms with Gasteiger partial charge in [0.2, 0.25) is 0 Å². The Labute approximate surface area is 77.6 Å². The van der Waals surface area contributed by atoms with Gasteiger partial charge in [-0.3, -0.25) is 9.79 Å². The molecule has 0 unspecified atom stereocenters. The third-order valence-electron chi connectivity index (χ3n) is 1.76. The van der Waals surface area contributed by atoms with Gasteiger partial charge in [-0.25, -0.2) is 0 Å². The molecule has 0 fully saturated rings. The second kappa shape index (κ2) is 3.81. The summed E-state index contributed by atoms with van der Waals surface area (Å²) in [6.07, 6.45) is 0.812. The van der Waals surface area contributed by atoms with Crippen LogP contribution in [-0.2, 0) is 0 Å². The van der Waals surface area contributed by atoms with Gasteiger partial charge in [0.1, 0.15) is 6.29 Å². The second-order valence-corrected chi connectivity index (χ2v) is 2.86. The van der Waals surface area contributed by atoms with E-state index in [9.17, 15) is 4.79 Å². The van der Waals surface area contributed by atoms with Crippen LogP contribution in [0.2, 0.25) is 0 Å². The monoisotopic (exact) mass is 173 g/mol. The van der Waals surface area contributed by atoms with Crippen LogP contribution in [-0.4, -0.2) is 13.0 Å². The number of nitrogens with zero attached hydrogens (tertiary/aromatic N) is 1. The third-order valence-corrected chi connectivity index (χ3v) is 1.76. The largest absolute Gasteiger partial charge is 0.298 e. The molecule has 0 bridgehead atoms. The Morgan fingerprint density at radius 3 is 2.69 bits per heavy atom. The Kier molecular flexibility index (Phi) is 2.75. The van der Waals surface area contributed by atoms with Gasteiger partial charge in [-0.2, -0.15) is 0 Å². The van der Waals surface area contributed by atoms with Crippen molar-refractivity contribution >= 4 is 18.7 Å². The minimum Gasteiger partial charge on any atom is -0.298 e. The highest BCUT2D eigenvalue weighted by Gasteiger charge is 1.99. The molecular weight excluding hydrogens is 162 g/mol. The zero-order valence-electron chi connectivity index (χ0n) is 7.58. The van der Waals surface area contributed by atoms with Crippen molar-refractivity contribution in [2.24, 2.45) is 4.99 Å². The van der Waals surface area contributed by atoms with E-state index in [-0.39, 0.29) is 0 Å². The van der Waals surface area contributed by atoms with Crippen LogP contribution < -0.4 is 0 Å². The van der Waals surface area contributed by atoms with E-state index in [1.165, 1.54) is 0 Å². The predicted octanol–water partition coefficient (Wildman–Crippen LogP) is 2.48. The lowest BCUT2D eigenvalue weighted by molar-refractivity contribution is 0.112. The lowest BCUT2D eigenvalue weighted by Gasteiger charge is -2.02. The summed E-state index contributed by atoms with van der Waals surface area (Å²) in [5, 5.41) is 0. The summed E-state index contributed by atoms with van der Waals surface area (Å²) in [6, 6.07) is 5.48. The van der Waals surface area contributed by atoms with Gasteiger partial charge in [-0.1, -0.05) is 6.58 Å². The van der Waals surface area contributed by atoms with E-state index in [0.29, 0.717) is 11.3 Å². The van der Waals surface area contributed by atoms with E-state index >= 15 is 0 Å². The molecule has 0 atom stereocenters. The molecule has 0 aliphatic rings. The van der Waals surface area contributed by atoms with E-state index in [0.717, 1.165) is 17.4 Å². The Bertz CT molecular complexity index is 366. The fourth-order valence-electron chi connectivity index (χ4n) is 1.14. The Morgan fingerprint density at radius 2 is 2.15 bits per heavy atom. The van der Waals surface area contributed by atoms with Gasteiger partial charge in [-0.05, 0) is 37.4 Å². The SMILES string of the molecule is C=NC(=C)c1cc(C)cc(C=O)c1. The Morgan fingerprint density at radius 1 is 1.46 bits per heavy atom. The van der Waals surface area contributed by atoms with E-state index in [1.54, 1.807) is 6.07 Å². The van der Waals surface area contributed by atoms with Crippen molar-refractivity contribution in [3.05, 3.63) is 41.5 Å². The van der Waals surface area contributed by atoms with Crippen LogP contribution in [0.3, 0.4) is 0 Å². The molecule has 2 heteroatoms. The lowest BCUT2D eigenvalue weighted by atomic mass is 10.1. The van der Waals surface area contributed by atoms with Gasteiger partial charge in [0, 0.05) is 11.1 Å². The first kappa shape index (κ1) is 9.39. The first-order valence-electron chi connectivity index (χ1n) is 3.90. The molecule has 66 valence electrons. The van der Waals surface area contributed by atoms with Crippen molar-refractivity contribution in [1.29, 1.82) is 0 Å². The number of hydrogen-bond donors (Lipinski definition) is 0. The molecule has 0 aliphatic carbocycles. The summed E-state index contributed by atoms with van der Waals surface area (Å²) < 4.78 is 0. The van der Waals surface area contributed by atoms with Crippen LogP contribution in [0, 0.1) is 6.92 Å². The minimum absolute atomic E-state index is 0.590. The van der Waals surface area contributed by atoms with Crippen LogP contribution >= 0.6 is 0 Å². The van der Waals surface area contributed by atoms with Crippen molar-refractivity contribution in [3.8, 4) is 0 Å². The fourth-order valence-corrected chi connectivity index (χ4v) is 1.14. The molecule has 0 N–H and O–H groups in total. The smallest absolute Gasteiger partial charge is 0.150 e. The third kappa shape index (κ3) is 2.12. The van der Waals surface area contributed by atoms with Gasteiger partial charge < -0.3 is 0 Å². The lowest BCUT2D eigenvalue weighted by Crippen LogP contribution is -1.87. The zero-order valence-corrected chi connectivity index (χ0v) is 7.58. The molecule has 13 heavy (non-hydrogen) atoms. The van der Waals surface area contributed by atoms with Crippen LogP contribution in [0.15, 0.2) is 29.8 Å². The van der Waals surface area contributed by atoms with Gasteiger partial charge in [0.05, 0.1) is 5.70 Å². The normalized spacial score (nSPS) is 9.31. The summed E-state index contributed by atoms with van der Waals surface area (Å²) in [5.74, 6) is 0. The van der Waals surface area contributed by atoms with Crippen LogP contribution in [0.4, 0.5) is 0 Å². The van der Waals surface area contributed by atoms with Crippen molar-refractivity contribution in [1.82, 2.24) is 0 Å². The number of aldehydes is 1. The summed E-state index contributed by atoms with van der Waals surface area (Å²) in [4.78, 5) is 14.3. The topological polar surface area (TPSA) is 29.4 Å². The van der Waals surface area contributed by atoms with Gasteiger partial charge in [-0.15, -0.1) is 0 Å². The van der Waals surface area contributed by atoms with Crippen molar-refractivity contribution < 1.29 is 4.79 Å². The first-order valence-corrected chi connectivity index (χ1v) is 3.90. The maximum atomic E-state index is 10.5. The molecule has 0 saturated heterocycles. The van der Waals surface area contributed by atoms with Gasteiger partial charge >= 0.3 is 0 Å². The number of aliphatic imine (C=N–C) groups is 1. The van der Waals surface area contributed by atoms with E-state index in [2.05, 4.69) is 18.3 Å². The number of aryl methyl sites for hydroxylation is 1. The number of benzene rings is 1. The number of rotatable bonds is 3. The van der Waals surface area contributed by atoms with E-state index < -0.39 is 0 Å². The molecule has 0 amide bonds. The number of carbonyl (C=O) groups excluding carboxylic acids is 1. The Hall–Kier alpha value is -1.70. The molecular formula is C11H11NO. The first-order chi connectivity index (χ1) is 6.17. The average molecular weight is 173 g/mol. The van der Waals surface area contributed by atoms with E-state index in [1.807, 2.05) is 19.1 Å². The Balaban J connectivity index is 3.22. The minimum atomic E-state index is 0.590. The summed E-state index contributed by atoms with van der Waals surface area (Å²) in [5.41, 5.74) is 3.09. The molecule has 1 aromatic rings. The molecule has 1 aromatic carbocycles. The molecule has 0 aromatic heterocycles. The highest BCUT2D eigenvalue weighted by Crippen LogP contribution is 2.16. The summed E-state index contributed by atoms with van der Waals surface area (Å²) in [6.45, 7) is 9.02. The van der Waals surface area contributed by atoms with Crippen LogP contribution in [0.1, 0.15) is 21.5 Å². The fraction of sp³-hybridized carbons (Fsp3) is 0.0909. The van der Waals surface area contributed by atoms with Crippen LogP contribution in [0.5, 0.6) is 0 Å². The number of carbonyl (C=O) groups is 1. The van der Waals surface area contributed by atoms with Gasteiger partial charge in [0.25, 0.3) is 0 Å². The molecule has 0 radical (unpaired) electrons. The number of hydrogen-bond acceptors (Lipinski definition) is 2. The quantitative estimate of drug-likeness (QED) is 0.510. The molecule has 1 rings (SSSR count). The molecule has 0 saturated carbocycles. The highest BCUT2D eigenvalue weighted by atomic mass is 16.1. The highest BCUT2D eigenvalue weighted by molar-refractivity contribution is 5.78. The summed E-state index contributed by atoms with van der Waals surface area (Å²) >= 11 is 0. The van der Waals surface area contributed by atoms with Crippen molar-refractivity contribution in [2.45, 2.75) is 6.92 Å². The van der Waals surface area contributed by atoms with Crippen LogP contribution in [0.25, 0.3) is 5.70 Å². The van der Waals surface area contributed by atoms with Crippen molar-refractivity contribution in [2.75, 3.05) is 0 Å². The van der Waals surface area contributed by atoms with Crippen molar-refractivity contribution in [3.63, 3.8) is 0 Å². The maximum absolute atomic E-state index is 10.5. The maximum Gasteiger partial charge on any atom is 0.150 e. The second-order valence-electron chi connectivity index (χ2n) is 2.86. The predicted molar refractivity (Wildman–Crippen MR) is 55.1 cm³/mol. The standard InChI is InChI=1S/C11H11NO/c1-8-4-10(7-13)6-11(5-8)9(2)12-3/h4-7H,2-3H2,1H3. The molecule has 2 nitrogen and oxygen atoms in total.